The zero-order valence-electron chi connectivity index (χ0n) is 13.6. The van der Waals surface area contributed by atoms with E-state index in [4.69, 9.17) is 0 Å². The molecule has 0 saturated heterocycles. The summed E-state index contributed by atoms with van der Waals surface area (Å²) >= 11 is 0. The highest BCUT2D eigenvalue weighted by Gasteiger charge is 2.21. The summed E-state index contributed by atoms with van der Waals surface area (Å²) in [5.41, 5.74) is 0.553. The molecule has 24 heavy (non-hydrogen) atoms. The summed E-state index contributed by atoms with van der Waals surface area (Å²) in [5.74, 6) is 5.63. The van der Waals surface area contributed by atoms with E-state index in [1.807, 2.05) is 30.3 Å². The van der Waals surface area contributed by atoms with Crippen molar-refractivity contribution in [2.45, 2.75) is 37.8 Å². The second kappa shape index (κ2) is 6.86. The number of hydrogen-bond donors (Lipinski definition) is 2. The Kier molecular flexibility index (Phi) is 4.64. The van der Waals surface area contributed by atoms with Gasteiger partial charge in [-0.15, -0.1) is 0 Å². The summed E-state index contributed by atoms with van der Waals surface area (Å²) in [6.07, 6.45) is 4.83. The van der Waals surface area contributed by atoms with Crippen molar-refractivity contribution in [1.29, 1.82) is 0 Å². The van der Waals surface area contributed by atoms with E-state index in [1.165, 1.54) is 6.42 Å². The predicted molar refractivity (Wildman–Crippen MR) is 92.2 cm³/mol. The Morgan fingerprint density at radius 2 is 2.00 bits per heavy atom. The first-order valence-electron chi connectivity index (χ1n) is 8.12. The summed E-state index contributed by atoms with van der Waals surface area (Å²) in [7, 11) is 0. The molecule has 4 nitrogen and oxygen atoms in total. The molecule has 1 aliphatic carbocycles. The maximum atomic E-state index is 12.0. The van der Waals surface area contributed by atoms with Gasteiger partial charge < -0.3 is 10.4 Å². The summed E-state index contributed by atoms with van der Waals surface area (Å²) in [6, 6.07) is 13.0. The molecule has 3 rings (SSSR count). The molecule has 1 aliphatic rings. The van der Waals surface area contributed by atoms with Crippen molar-refractivity contribution in [1.82, 2.24) is 10.3 Å². The summed E-state index contributed by atoms with van der Waals surface area (Å²) in [4.78, 5) is 16.2. The lowest BCUT2D eigenvalue weighted by molar-refractivity contribution is 0.0911. The van der Waals surface area contributed by atoms with Crippen LogP contribution in [0.2, 0.25) is 0 Å². The third kappa shape index (κ3) is 3.81. The topological polar surface area (TPSA) is 62.2 Å². The van der Waals surface area contributed by atoms with Crippen molar-refractivity contribution in [3.63, 3.8) is 0 Å². The number of aliphatic hydroxyl groups is 1. The molecule has 1 unspecified atom stereocenters. The number of benzene rings is 1. The molecule has 0 bridgehead atoms. The maximum Gasteiger partial charge on any atom is 0.270 e. The fourth-order valence-corrected chi connectivity index (χ4v) is 2.44. The molecular formula is C20H20N2O2. The van der Waals surface area contributed by atoms with E-state index in [9.17, 15) is 9.90 Å². The number of hydrogen-bond acceptors (Lipinski definition) is 3. The Morgan fingerprint density at radius 1 is 1.25 bits per heavy atom. The van der Waals surface area contributed by atoms with Gasteiger partial charge in [0.15, 0.2) is 0 Å². The van der Waals surface area contributed by atoms with Crippen LogP contribution in [0, 0.1) is 11.8 Å². The van der Waals surface area contributed by atoms with Crippen LogP contribution < -0.4 is 5.32 Å². The maximum absolute atomic E-state index is 12.0. The van der Waals surface area contributed by atoms with Gasteiger partial charge in [0.2, 0.25) is 0 Å². The van der Waals surface area contributed by atoms with Crippen molar-refractivity contribution >= 4 is 5.91 Å². The number of carbonyl (C=O) groups excluding carboxylic acids is 1. The monoisotopic (exact) mass is 320 g/mol. The smallest absolute Gasteiger partial charge is 0.270 e. The van der Waals surface area contributed by atoms with Crippen LogP contribution in [0.15, 0.2) is 48.7 Å². The minimum Gasteiger partial charge on any atom is -0.374 e. The van der Waals surface area contributed by atoms with Crippen LogP contribution in [0.5, 0.6) is 0 Å². The summed E-state index contributed by atoms with van der Waals surface area (Å²) < 4.78 is 0. The lowest BCUT2D eigenvalue weighted by Gasteiger charge is -2.26. The molecule has 0 spiro atoms. The first-order valence-corrected chi connectivity index (χ1v) is 8.12. The standard InChI is InChI=1S/C20H20N2O2/c1-20(24,16-6-3-2-4-7-16)13-12-15-10-11-18(21-14-15)19(23)22-17-8-5-9-17/h2-4,6-7,10-11,14,17,24H,5,8-9H2,1H3,(H,22,23). The number of amides is 1. The average molecular weight is 320 g/mol. The van der Waals surface area contributed by atoms with Gasteiger partial charge in [-0.3, -0.25) is 4.79 Å². The molecule has 4 heteroatoms. The molecule has 0 aliphatic heterocycles. The van der Waals surface area contributed by atoms with E-state index >= 15 is 0 Å². The van der Waals surface area contributed by atoms with Gasteiger partial charge in [0.1, 0.15) is 11.3 Å². The second-order valence-electron chi connectivity index (χ2n) is 6.22. The Morgan fingerprint density at radius 3 is 2.58 bits per heavy atom. The van der Waals surface area contributed by atoms with Crippen molar-refractivity contribution in [2.24, 2.45) is 0 Å². The van der Waals surface area contributed by atoms with Crippen LogP contribution in [-0.4, -0.2) is 22.0 Å². The van der Waals surface area contributed by atoms with Gasteiger partial charge in [0.25, 0.3) is 5.91 Å². The van der Waals surface area contributed by atoms with E-state index in [1.54, 1.807) is 25.3 Å². The van der Waals surface area contributed by atoms with Gasteiger partial charge in [-0.1, -0.05) is 42.2 Å². The molecule has 2 aromatic rings. The zero-order chi connectivity index (χ0) is 17.0. The third-order valence-corrected chi connectivity index (χ3v) is 4.22. The third-order valence-electron chi connectivity index (χ3n) is 4.22. The molecule has 1 aromatic carbocycles. The van der Waals surface area contributed by atoms with Gasteiger partial charge in [0, 0.05) is 17.8 Å². The first-order chi connectivity index (χ1) is 11.5. The molecule has 1 atom stereocenters. The average Bonchev–Trinajstić information content (AvgIpc) is 2.57. The fourth-order valence-electron chi connectivity index (χ4n) is 2.44. The molecule has 1 saturated carbocycles. The Hall–Kier alpha value is -2.64. The van der Waals surface area contributed by atoms with Crippen molar-refractivity contribution in [3.05, 3.63) is 65.5 Å². The lowest BCUT2D eigenvalue weighted by Crippen LogP contribution is -2.39. The minimum atomic E-state index is -1.23. The quantitative estimate of drug-likeness (QED) is 0.855. The number of rotatable bonds is 3. The van der Waals surface area contributed by atoms with E-state index < -0.39 is 5.60 Å². The summed E-state index contributed by atoms with van der Waals surface area (Å²) in [6.45, 7) is 1.66. The first kappa shape index (κ1) is 16.2. The van der Waals surface area contributed by atoms with Gasteiger partial charge >= 0.3 is 0 Å². The number of nitrogens with zero attached hydrogens (tertiary/aromatic N) is 1. The fraction of sp³-hybridized carbons (Fsp3) is 0.300. The van der Waals surface area contributed by atoms with Crippen LogP contribution in [0.3, 0.4) is 0 Å². The Bertz CT molecular complexity index is 767. The second-order valence-corrected chi connectivity index (χ2v) is 6.22. The molecule has 1 fully saturated rings. The van der Waals surface area contributed by atoms with Crippen molar-refractivity contribution in [3.8, 4) is 11.8 Å². The number of nitrogens with one attached hydrogen (secondary N) is 1. The van der Waals surface area contributed by atoms with Crippen LogP contribution in [-0.2, 0) is 5.60 Å². The normalized spacial score (nSPS) is 16.2. The highest BCUT2D eigenvalue weighted by atomic mass is 16.3. The van der Waals surface area contributed by atoms with E-state index in [0.29, 0.717) is 17.3 Å². The van der Waals surface area contributed by atoms with Crippen LogP contribution in [0.25, 0.3) is 0 Å². The SMILES string of the molecule is CC(O)(C#Cc1ccc(C(=O)NC2CCC2)nc1)c1ccccc1. The Labute approximate surface area is 141 Å². The lowest BCUT2D eigenvalue weighted by atomic mass is 9.93. The summed E-state index contributed by atoms with van der Waals surface area (Å²) in [5, 5.41) is 13.4. The zero-order valence-corrected chi connectivity index (χ0v) is 13.6. The largest absolute Gasteiger partial charge is 0.374 e. The Balaban J connectivity index is 1.69. The van der Waals surface area contributed by atoms with Gasteiger partial charge in [-0.2, -0.15) is 0 Å². The van der Waals surface area contributed by atoms with Crippen LogP contribution >= 0.6 is 0 Å². The molecule has 0 radical (unpaired) electrons. The predicted octanol–water partition coefficient (Wildman–Crippen LogP) is 2.62. The molecule has 122 valence electrons. The molecule has 1 amide bonds. The van der Waals surface area contributed by atoms with Crippen LogP contribution in [0.4, 0.5) is 0 Å². The molecular weight excluding hydrogens is 300 g/mol. The molecule has 2 N–H and O–H groups in total. The highest BCUT2D eigenvalue weighted by Crippen LogP contribution is 2.19. The van der Waals surface area contributed by atoms with Crippen molar-refractivity contribution in [2.75, 3.05) is 0 Å². The molecule has 1 heterocycles. The minimum absolute atomic E-state index is 0.143. The van der Waals surface area contributed by atoms with E-state index in [0.717, 1.165) is 18.4 Å². The number of aromatic nitrogens is 1. The van der Waals surface area contributed by atoms with E-state index in [-0.39, 0.29) is 5.91 Å². The van der Waals surface area contributed by atoms with Gasteiger partial charge in [-0.25, -0.2) is 4.98 Å². The number of carbonyl (C=O) groups is 1. The van der Waals surface area contributed by atoms with Crippen LogP contribution in [0.1, 0.15) is 47.8 Å². The van der Waals surface area contributed by atoms with Crippen molar-refractivity contribution < 1.29 is 9.90 Å². The highest BCUT2D eigenvalue weighted by molar-refractivity contribution is 5.92. The van der Waals surface area contributed by atoms with Gasteiger partial charge in [0.05, 0.1) is 0 Å². The van der Waals surface area contributed by atoms with Gasteiger partial charge in [-0.05, 0) is 43.9 Å². The number of pyridine rings is 1. The molecule has 1 aromatic heterocycles. The van der Waals surface area contributed by atoms with E-state index in [2.05, 4.69) is 22.1 Å².